The molecule has 0 bridgehead atoms. The number of carbonyl (C=O) groups excluding carboxylic acids is 1. The topological polar surface area (TPSA) is 88.0 Å². The number of ether oxygens (including phenoxy) is 2. The molecular formula is C8H13NO5. The van der Waals surface area contributed by atoms with Crippen molar-refractivity contribution in [1.29, 1.82) is 0 Å². The van der Waals surface area contributed by atoms with Gasteiger partial charge in [-0.15, -0.1) is 0 Å². The van der Waals surface area contributed by atoms with Crippen molar-refractivity contribution in [2.24, 2.45) is 0 Å². The second-order valence-electron chi connectivity index (χ2n) is 2.80. The van der Waals surface area contributed by atoms with Gasteiger partial charge in [-0.3, -0.25) is 4.79 Å². The van der Waals surface area contributed by atoms with Gasteiger partial charge in [-0.25, -0.2) is 0 Å². The molecule has 6 heteroatoms. The van der Waals surface area contributed by atoms with E-state index in [-0.39, 0.29) is 11.5 Å². The number of carbonyl (C=O) groups is 1. The molecule has 1 rings (SSSR count). The van der Waals surface area contributed by atoms with Gasteiger partial charge in [0.05, 0.1) is 20.8 Å². The molecule has 1 aliphatic rings. The Morgan fingerprint density at radius 1 is 1.50 bits per heavy atom. The lowest BCUT2D eigenvalue weighted by Crippen LogP contribution is -2.41. The standard InChI is InChI=1S/C8H13NO5/c1-13-6-5(4(11)3-10)9-8(12)7(6)14-2/h4-5,10-11H,3H2,1-2H3,(H,9,12)/t4-,5-/m1/s1. The third kappa shape index (κ3) is 1.66. The summed E-state index contributed by atoms with van der Waals surface area (Å²) in [5, 5.41) is 20.5. The van der Waals surface area contributed by atoms with E-state index in [0.717, 1.165) is 0 Å². The van der Waals surface area contributed by atoms with E-state index in [2.05, 4.69) is 5.32 Å². The molecule has 0 saturated carbocycles. The predicted molar refractivity (Wildman–Crippen MR) is 46.1 cm³/mol. The van der Waals surface area contributed by atoms with Gasteiger partial charge in [-0.05, 0) is 0 Å². The number of rotatable bonds is 4. The monoisotopic (exact) mass is 203 g/mol. The van der Waals surface area contributed by atoms with Crippen LogP contribution in [0.25, 0.3) is 0 Å². The molecule has 0 spiro atoms. The molecule has 1 aliphatic heterocycles. The molecule has 0 unspecified atom stereocenters. The molecule has 0 saturated heterocycles. The van der Waals surface area contributed by atoms with Crippen molar-refractivity contribution in [3.63, 3.8) is 0 Å². The first-order valence-electron chi connectivity index (χ1n) is 4.07. The maximum absolute atomic E-state index is 11.2. The third-order valence-electron chi connectivity index (χ3n) is 1.99. The van der Waals surface area contributed by atoms with Crippen LogP contribution in [0.5, 0.6) is 0 Å². The van der Waals surface area contributed by atoms with Crippen molar-refractivity contribution in [2.75, 3.05) is 20.8 Å². The lowest BCUT2D eigenvalue weighted by molar-refractivity contribution is -0.120. The zero-order chi connectivity index (χ0) is 10.7. The molecule has 1 amide bonds. The Labute approximate surface area is 81.1 Å². The van der Waals surface area contributed by atoms with Gasteiger partial charge in [-0.2, -0.15) is 0 Å². The van der Waals surface area contributed by atoms with Crippen molar-refractivity contribution in [1.82, 2.24) is 5.32 Å². The summed E-state index contributed by atoms with van der Waals surface area (Å²) in [7, 11) is 2.70. The molecular weight excluding hydrogens is 190 g/mol. The summed E-state index contributed by atoms with van der Waals surface area (Å²) in [6.45, 7) is -0.463. The van der Waals surface area contributed by atoms with Crippen LogP contribution in [-0.2, 0) is 14.3 Å². The third-order valence-corrected chi connectivity index (χ3v) is 1.99. The van der Waals surface area contributed by atoms with Crippen molar-refractivity contribution in [2.45, 2.75) is 12.1 Å². The van der Waals surface area contributed by atoms with E-state index < -0.39 is 24.7 Å². The first kappa shape index (κ1) is 10.8. The number of aliphatic hydroxyl groups excluding tert-OH is 2. The highest BCUT2D eigenvalue weighted by atomic mass is 16.5. The number of amides is 1. The summed E-state index contributed by atoms with van der Waals surface area (Å²) in [6.07, 6.45) is -1.10. The quantitative estimate of drug-likeness (QED) is 0.509. The minimum Gasteiger partial charge on any atom is -0.495 e. The van der Waals surface area contributed by atoms with Crippen molar-refractivity contribution in [3.05, 3.63) is 11.5 Å². The molecule has 0 aromatic carbocycles. The molecule has 0 fully saturated rings. The highest BCUT2D eigenvalue weighted by Crippen LogP contribution is 2.20. The average Bonchev–Trinajstić information content (AvgIpc) is 2.53. The minimum absolute atomic E-state index is 0.0324. The van der Waals surface area contributed by atoms with Crippen LogP contribution in [-0.4, -0.2) is 49.1 Å². The predicted octanol–water partition coefficient (Wildman–Crippen LogP) is -1.66. The van der Waals surface area contributed by atoms with Gasteiger partial charge in [0, 0.05) is 0 Å². The lowest BCUT2D eigenvalue weighted by atomic mass is 10.1. The number of nitrogens with one attached hydrogen (secondary N) is 1. The fourth-order valence-electron chi connectivity index (χ4n) is 1.31. The number of methoxy groups -OCH3 is 2. The van der Waals surface area contributed by atoms with E-state index in [4.69, 9.17) is 14.6 Å². The van der Waals surface area contributed by atoms with E-state index in [1.165, 1.54) is 14.2 Å². The Morgan fingerprint density at radius 3 is 2.57 bits per heavy atom. The molecule has 14 heavy (non-hydrogen) atoms. The smallest absolute Gasteiger partial charge is 0.290 e. The molecule has 0 radical (unpaired) electrons. The Bertz CT molecular complexity index is 262. The Balaban J connectivity index is 2.92. The SMILES string of the molecule is COC1=C(OC)[C@@H]([C@H](O)CO)NC1=O. The molecule has 0 aromatic heterocycles. The summed E-state index contributed by atoms with van der Waals surface area (Å²) in [5.74, 6) is -0.217. The van der Waals surface area contributed by atoms with E-state index >= 15 is 0 Å². The Morgan fingerprint density at radius 2 is 2.14 bits per heavy atom. The van der Waals surface area contributed by atoms with Gasteiger partial charge in [0.15, 0.2) is 5.76 Å². The van der Waals surface area contributed by atoms with E-state index in [1.807, 2.05) is 0 Å². The zero-order valence-corrected chi connectivity index (χ0v) is 7.98. The summed E-state index contributed by atoms with van der Waals surface area (Å²) in [5.41, 5.74) is 0. The van der Waals surface area contributed by atoms with Crippen LogP contribution in [0, 0.1) is 0 Å². The maximum atomic E-state index is 11.2. The van der Waals surface area contributed by atoms with Crippen LogP contribution in [0.4, 0.5) is 0 Å². The van der Waals surface area contributed by atoms with Crippen LogP contribution < -0.4 is 5.32 Å². The Kier molecular flexibility index (Phi) is 3.32. The van der Waals surface area contributed by atoms with Crippen LogP contribution >= 0.6 is 0 Å². The van der Waals surface area contributed by atoms with Crippen LogP contribution in [0.1, 0.15) is 0 Å². The van der Waals surface area contributed by atoms with Crippen molar-refractivity contribution < 1.29 is 24.5 Å². The normalized spacial score (nSPS) is 23.4. The van der Waals surface area contributed by atoms with Crippen LogP contribution in [0.15, 0.2) is 11.5 Å². The average molecular weight is 203 g/mol. The van der Waals surface area contributed by atoms with E-state index in [0.29, 0.717) is 0 Å². The first-order chi connectivity index (χ1) is 6.65. The highest BCUT2D eigenvalue weighted by molar-refractivity contribution is 5.95. The van der Waals surface area contributed by atoms with Crippen molar-refractivity contribution >= 4 is 5.91 Å². The van der Waals surface area contributed by atoms with Gasteiger partial charge >= 0.3 is 0 Å². The fraction of sp³-hybridized carbons (Fsp3) is 0.625. The molecule has 6 nitrogen and oxygen atoms in total. The summed E-state index contributed by atoms with van der Waals surface area (Å²) >= 11 is 0. The second kappa shape index (κ2) is 4.30. The van der Waals surface area contributed by atoms with Crippen molar-refractivity contribution in [3.8, 4) is 0 Å². The lowest BCUT2D eigenvalue weighted by Gasteiger charge is -2.17. The fourth-order valence-corrected chi connectivity index (χ4v) is 1.31. The minimum atomic E-state index is -1.10. The number of aliphatic hydroxyl groups is 2. The maximum Gasteiger partial charge on any atom is 0.290 e. The zero-order valence-electron chi connectivity index (χ0n) is 7.98. The largest absolute Gasteiger partial charge is 0.495 e. The summed E-state index contributed by atoms with van der Waals surface area (Å²) in [4.78, 5) is 11.2. The summed E-state index contributed by atoms with van der Waals surface area (Å²) < 4.78 is 9.72. The van der Waals surface area contributed by atoms with Gasteiger partial charge in [0.2, 0.25) is 5.76 Å². The van der Waals surface area contributed by atoms with Crippen LogP contribution in [0.2, 0.25) is 0 Å². The molecule has 0 aliphatic carbocycles. The number of hydrogen-bond donors (Lipinski definition) is 3. The van der Waals surface area contributed by atoms with E-state index in [1.54, 1.807) is 0 Å². The molecule has 0 aromatic rings. The van der Waals surface area contributed by atoms with E-state index in [9.17, 15) is 9.90 Å². The van der Waals surface area contributed by atoms with Gasteiger partial charge in [0.1, 0.15) is 12.1 Å². The Hall–Kier alpha value is -1.27. The van der Waals surface area contributed by atoms with Gasteiger partial charge in [-0.1, -0.05) is 0 Å². The molecule has 3 N–H and O–H groups in total. The molecule has 1 heterocycles. The summed E-state index contributed by atoms with van der Waals surface area (Å²) in [6, 6.07) is -0.743. The first-order valence-corrected chi connectivity index (χ1v) is 4.07. The van der Waals surface area contributed by atoms with Gasteiger partial charge < -0.3 is 25.0 Å². The molecule has 2 atom stereocenters. The number of hydrogen-bond acceptors (Lipinski definition) is 5. The van der Waals surface area contributed by atoms with Gasteiger partial charge in [0.25, 0.3) is 5.91 Å². The molecule has 80 valence electrons. The van der Waals surface area contributed by atoms with Crippen LogP contribution in [0.3, 0.4) is 0 Å². The second-order valence-corrected chi connectivity index (χ2v) is 2.80. The highest BCUT2D eigenvalue weighted by Gasteiger charge is 2.38.